The number of anilines is 1. The Morgan fingerprint density at radius 2 is 1.79 bits per heavy atom. The normalized spacial score (nSPS) is 21.9. The molecule has 28 heavy (non-hydrogen) atoms. The van der Waals surface area contributed by atoms with Gasteiger partial charge < -0.3 is 14.6 Å². The molecule has 0 saturated carbocycles. The van der Waals surface area contributed by atoms with Crippen molar-refractivity contribution in [2.24, 2.45) is 4.99 Å². The molecule has 9 heteroatoms. The van der Waals surface area contributed by atoms with Gasteiger partial charge in [-0.05, 0) is 48.1 Å². The Morgan fingerprint density at radius 1 is 1.11 bits per heavy atom. The van der Waals surface area contributed by atoms with Gasteiger partial charge in [-0.15, -0.1) is 4.31 Å². The second kappa shape index (κ2) is 7.10. The summed E-state index contributed by atoms with van der Waals surface area (Å²) in [7, 11) is -3.40. The quantitative estimate of drug-likeness (QED) is 0.578. The average molecular weight is 401 g/mol. The van der Waals surface area contributed by atoms with Crippen molar-refractivity contribution in [1.29, 1.82) is 0 Å². The van der Waals surface area contributed by atoms with E-state index in [0.29, 0.717) is 37.5 Å². The van der Waals surface area contributed by atoms with E-state index in [1.165, 1.54) is 0 Å². The van der Waals surface area contributed by atoms with Crippen molar-refractivity contribution >= 4 is 38.5 Å². The summed E-state index contributed by atoms with van der Waals surface area (Å²) in [5.74, 6) is -1.21. The summed E-state index contributed by atoms with van der Waals surface area (Å²) in [6.45, 7) is 1.86. The van der Waals surface area contributed by atoms with Crippen LogP contribution < -0.4 is 4.90 Å². The Balaban J connectivity index is 1.49. The van der Waals surface area contributed by atoms with E-state index in [4.69, 9.17) is 5.11 Å². The Bertz CT molecular complexity index is 979. The molecule has 1 unspecified atom stereocenters. The van der Waals surface area contributed by atoms with E-state index in [1.807, 2.05) is 0 Å². The van der Waals surface area contributed by atoms with Crippen LogP contribution in [0.15, 0.2) is 53.1 Å². The summed E-state index contributed by atoms with van der Waals surface area (Å²) in [6.07, 6.45) is 4.94. The van der Waals surface area contributed by atoms with Crippen molar-refractivity contribution in [2.75, 3.05) is 31.1 Å². The monoisotopic (exact) mass is 401 g/mol. The van der Waals surface area contributed by atoms with E-state index in [1.54, 1.807) is 46.8 Å². The molecular weight excluding hydrogens is 382 g/mol. The van der Waals surface area contributed by atoms with Crippen LogP contribution in [0.3, 0.4) is 0 Å². The number of fused-ring (bicyclic) bond motifs is 1. The van der Waals surface area contributed by atoms with Crippen LogP contribution in [-0.4, -0.2) is 67.1 Å². The van der Waals surface area contributed by atoms with Gasteiger partial charge in [0.1, 0.15) is 0 Å². The lowest BCUT2D eigenvalue weighted by Gasteiger charge is -2.39. The number of piperazine rings is 1. The zero-order valence-corrected chi connectivity index (χ0v) is 15.8. The number of hydrogen-bond donors (Lipinski definition) is 2. The highest BCUT2D eigenvalue weighted by Gasteiger charge is 2.31. The van der Waals surface area contributed by atoms with Crippen LogP contribution in [0.4, 0.5) is 5.69 Å². The molecule has 1 fully saturated rings. The van der Waals surface area contributed by atoms with Gasteiger partial charge in [0.25, 0.3) is 5.91 Å². The molecule has 0 spiro atoms. The van der Waals surface area contributed by atoms with Crippen LogP contribution in [0.2, 0.25) is 0 Å². The predicted octanol–water partition coefficient (Wildman–Crippen LogP) is 1.22. The maximum Gasteiger partial charge on any atom is 0.335 e. The Labute approximate surface area is 163 Å². The van der Waals surface area contributed by atoms with Gasteiger partial charge in [0.2, 0.25) is 0 Å². The van der Waals surface area contributed by atoms with Crippen LogP contribution in [0.25, 0.3) is 0 Å². The van der Waals surface area contributed by atoms with Crippen LogP contribution in [0, 0.1) is 0 Å². The minimum absolute atomic E-state index is 0.165. The first-order valence-electron chi connectivity index (χ1n) is 8.82. The first kappa shape index (κ1) is 18.8. The maximum atomic E-state index is 13.1. The Morgan fingerprint density at radius 3 is 2.43 bits per heavy atom. The molecule has 2 heterocycles. The fourth-order valence-corrected chi connectivity index (χ4v) is 4.97. The molecule has 0 bridgehead atoms. The first-order chi connectivity index (χ1) is 13.3. The number of aromatic carboxylic acids is 1. The van der Waals surface area contributed by atoms with Crippen molar-refractivity contribution in [3.05, 3.63) is 53.6 Å². The van der Waals surface area contributed by atoms with Gasteiger partial charge in [-0.1, -0.05) is 0 Å². The lowest BCUT2D eigenvalue weighted by molar-refractivity contribution is -0.116. The molecule has 1 saturated heterocycles. The second-order valence-electron chi connectivity index (χ2n) is 6.74. The molecule has 2 aliphatic heterocycles. The molecule has 1 amide bonds. The van der Waals surface area contributed by atoms with E-state index in [2.05, 4.69) is 9.89 Å². The lowest BCUT2D eigenvalue weighted by Crippen LogP contribution is -2.52. The highest BCUT2D eigenvalue weighted by atomic mass is 32.3. The summed E-state index contributed by atoms with van der Waals surface area (Å²) >= 11 is 0. The van der Waals surface area contributed by atoms with Gasteiger partial charge in [0.15, 0.2) is 4.86 Å². The highest BCUT2D eigenvalue weighted by molar-refractivity contribution is 8.01. The summed E-state index contributed by atoms with van der Waals surface area (Å²) < 4.78 is 25.3. The largest absolute Gasteiger partial charge is 0.604 e. The van der Waals surface area contributed by atoms with Crippen molar-refractivity contribution in [1.82, 2.24) is 4.31 Å². The molecule has 146 valence electrons. The van der Waals surface area contributed by atoms with Gasteiger partial charge in [-0.25, -0.2) is 14.3 Å². The third-order valence-corrected chi connectivity index (χ3v) is 6.95. The zero-order valence-electron chi connectivity index (χ0n) is 14.9. The summed E-state index contributed by atoms with van der Waals surface area (Å²) in [5.41, 5.74) is 2.36. The molecule has 3 aliphatic rings. The number of carbonyl (C=O) groups excluding carboxylic acids is 1. The summed E-state index contributed by atoms with van der Waals surface area (Å²) in [6, 6.07) is 6.60. The van der Waals surface area contributed by atoms with E-state index < -0.39 is 16.3 Å². The number of hydrogen-bond acceptors (Lipinski definition) is 6. The van der Waals surface area contributed by atoms with E-state index >= 15 is 0 Å². The van der Waals surface area contributed by atoms with Gasteiger partial charge in [0, 0.05) is 18.8 Å². The highest BCUT2D eigenvalue weighted by Crippen LogP contribution is 2.24. The average Bonchev–Trinajstić information content (AvgIpc) is 3.07. The number of amides is 1. The number of aliphatic imine (C=N–C) groups is 1. The van der Waals surface area contributed by atoms with E-state index in [9.17, 15) is 18.7 Å². The number of allylic oxidation sites excluding steroid dienone is 3. The molecule has 0 aromatic heterocycles. The summed E-state index contributed by atoms with van der Waals surface area (Å²) in [5, 5.41) is 8.99. The van der Waals surface area contributed by atoms with Gasteiger partial charge in [-0.3, -0.25) is 4.79 Å². The predicted molar refractivity (Wildman–Crippen MR) is 107 cm³/mol. The van der Waals surface area contributed by atoms with Crippen molar-refractivity contribution < 1.29 is 23.8 Å². The van der Waals surface area contributed by atoms with Crippen LogP contribution in [0.1, 0.15) is 16.8 Å². The van der Waals surface area contributed by atoms with E-state index in [0.717, 1.165) is 5.69 Å². The number of carboxylic acids is 1. The standard InChI is InChI=1S/C19H19N3O5S/c23-18-12-14-11-16(5-6-17(14)20-18)28(26,27)22-9-7-21(8-10-22)15-3-1-13(2-4-15)19(24)25/h1-6,11H,7-10,12H2,(H2-,20,23,24,25,26,27). The fourth-order valence-electron chi connectivity index (χ4n) is 3.47. The number of rotatable bonds is 3. The topological polar surface area (TPSA) is 116 Å². The molecule has 8 nitrogen and oxygen atoms in total. The van der Waals surface area contributed by atoms with Crippen molar-refractivity contribution in [3.8, 4) is 0 Å². The Hall–Kier alpha value is -2.59. The third kappa shape index (κ3) is 3.45. The maximum absolute atomic E-state index is 13.1. The summed E-state index contributed by atoms with van der Waals surface area (Å²) in [4.78, 5) is 28.6. The molecule has 1 atom stereocenters. The SMILES string of the molecule is O=C1CC2=CC(=[S+]([O-])(O)N3CCN(c4ccc(C(=O)O)cc4)CC3)C=CC2=N1. The van der Waals surface area contributed by atoms with Crippen molar-refractivity contribution in [2.45, 2.75) is 6.42 Å². The molecule has 4 rings (SSSR count). The number of carboxylic acid groups (broad SMARTS) is 1. The number of carbonyl (C=O) groups is 2. The van der Waals surface area contributed by atoms with E-state index in [-0.39, 0.29) is 22.8 Å². The number of benzene rings is 1. The lowest BCUT2D eigenvalue weighted by atomic mass is 10.0. The molecule has 1 aliphatic carbocycles. The minimum Gasteiger partial charge on any atom is -0.604 e. The first-order valence-corrected chi connectivity index (χ1v) is 10.3. The minimum atomic E-state index is -3.40. The number of nitrogens with zero attached hydrogens (tertiary/aromatic N) is 3. The van der Waals surface area contributed by atoms with Gasteiger partial charge in [-0.2, -0.15) is 0 Å². The zero-order chi connectivity index (χ0) is 19.9. The molecule has 1 aromatic carbocycles. The fraction of sp³-hybridized carbons (Fsp3) is 0.263. The molecule has 1 aromatic rings. The smallest absolute Gasteiger partial charge is 0.335 e. The second-order valence-corrected chi connectivity index (χ2v) is 8.72. The Kier molecular flexibility index (Phi) is 4.76. The van der Waals surface area contributed by atoms with Crippen LogP contribution in [0.5, 0.6) is 0 Å². The van der Waals surface area contributed by atoms with Crippen LogP contribution >= 0.6 is 0 Å². The third-order valence-electron chi connectivity index (χ3n) is 5.01. The van der Waals surface area contributed by atoms with Crippen LogP contribution in [-0.2, 0) is 15.2 Å². The molecule has 2 N–H and O–H groups in total. The van der Waals surface area contributed by atoms with Gasteiger partial charge >= 0.3 is 5.97 Å². The van der Waals surface area contributed by atoms with Gasteiger partial charge in [0.05, 0.1) is 41.2 Å². The van der Waals surface area contributed by atoms with Crippen molar-refractivity contribution in [3.63, 3.8) is 0 Å². The molecular formula is C19H19N3O5S. The molecule has 0 radical (unpaired) electrons.